The lowest BCUT2D eigenvalue weighted by Gasteiger charge is -2.09. The first-order chi connectivity index (χ1) is 13.5. The number of thioether (sulfide) groups is 1. The Labute approximate surface area is 168 Å². The minimum atomic E-state index is -4.34. The van der Waals surface area contributed by atoms with Crippen LogP contribution in [0.2, 0.25) is 0 Å². The minimum absolute atomic E-state index is 0.395. The van der Waals surface area contributed by atoms with E-state index in [1.165, 1.54) is 28.6 Å². The molecule has 0 saturated heterocycles. The lowest BCUT2D eigenvalue weighted by molar-refractivity contribution is -0.137. The summed E-state index contributed by atoms with van der Waals surface area (Å²) in [5.41, 5.74) is 1.00. The summed E-state index contributed by atoms with van der Waals surface area (Å²) in [6.45, 7) is 2.69. The SMILES string of the molecule is CCn1c(SCc2cccc(C(F)(F)F)c2)nnc1-c1csc2ccccc12. The van der Waals surface area contributed by atoms with Crippen LogP contribution in [0.4, 0.5) is 13.2 Å². The van der Waals surface area contributed by atoms with Crippen LogP contribution in [0.25, 0.3) is 21.5 Å². The summed E-state index contributed by atoms with van der Waals surface area (Å²) < 4.78 is 41.9. The van der Waals surface area contributed by atoms with E-state index in [2.05, 4.69) is 27.7 Å². The van der Waals surface area contributed by atoms with Crippen LogP contribution in [0.15, 0.2) is 59.1 Å². The number of halogens is 3. The van der Waals surface area contributed by atoms with Crippen molar-refractivity contribution in [2.75, 3.05) is 0 Å². The van der Waals surface area contributed by atoms with Gasteiger partial charge in [0.2, 0.25) is 0 Å². The molecule has 2 aromatic heterocycles. The highest BCUT2D eigenvalue weighted by Crippen LogP contribution is 2.35. The van der Waals surface area contributed by atoms with Crippen LogP contribution in [0.1, 0.15) is 18.1 Å². The Balaban J connectivity index is 1.60. The lowest BCUT2D eigenvalue weighted by Crippen LogP contribution is -2.05. The summed E-state index contributed by atoms with van der Waals surface area (Å²) in [5.74, 6) is 1.18. The molecule has 2 aromatic carbocycles. The summed E-state index contributed by atoms with van der Waals surface area (Å²) >= 11 is 3.05. The number of hydrogen-bond acceptors (Lipinski definition) is 4. The van der Waals surface area contributed by atoms with Gasteiger partial charge in [0.15, 0.2) is 11.0 Å². The Morgan fingerprint density at radius 1 is 1.07 bits per heavy atom. The predicted molar refractivity (Wildman–Crippen MR) is 108 cm³/mol. The number of aromatic nitrogens is 3. The molecule has 0 saturated carbocycles. The molecule has 0 atom stereocenters. The van der Waals surface area contributed by atoms with Crippen molar-refractivity contribution in [2.45, 2.75) is 30.6 Å². The maximum absolute atomic E-state index is 12.9. The molecule has 4 aromatic rings. The van der Waals surface area contributed by atoms with Gasteiger partial charge in [0.05, 0.1) is 5.56 Å². The Morgan fingerprint density at radius 3 is 2.68 bits per heavy atom. The summed E-state index contributed by atoms with van der Waals surface area (Å²) in [4.78, 5) is 0. The van der Waals surface area contributed by atoms with Gasteiger partial charge >= 0.3 is 6.18 Å². The molecule has 0 bridgehead atoms. The monoisotopic (exact) mass is 419 g/mol. The van der Waals surface area contributed by atoms with Gasteiger partial charge in [-0.1, -0.05) is 48.2 Å². The van der Waals surface area contributed by atoms with Crippen molar-refractivity contribution in [3.05, 3.63) is 65.0 Å². The van der Waals surface area contributed by atoms with Crippen molar-refractivity contribution in [1.82, 2.24) is 14.8 Å². The first-order valence-corrected chi connectivity index (χ1v) is 10.5. The number of benzene rings is 2. The second-order valence-electron chi connectivity index (χ2n) is 6.18. The molecular formula is C20H16F3N3S2. The Bertz CT molecular complexity index is 1120. The van der Waals surface area contributed by atoms with Gasteiger partial charge < -0.3 is 4.57 Å². The zero-order valence-electron chi connectivity index (χ0n) is 14.9. The molecule has 0 spiro atoms. The molecule has 144 valence electrons. The summed E-state index contributed by atoms with van der Waals surface area (Å²) in [5, 5.41) is 12.6. The summed E-state index contributed by atoms with van der Waals surface area (Å²) in [7, 11) is 0. The van der Waals surface area contributed by atoms with Crippen LogP contribution in [-0.4, -0.2) is 14.8 Å². The molecule has 0 unspecified atom stereocenters. The number of hydrogen-bond donors (Lipinski definition) is 0. The second-order valence-corrected chi connectivity index (χ2v) is 8.04. The van der Waals surface area contributed by atoms with Gasteiger partial charge in [0, 0.05) is 33.3 Å². The van der Waals surface area contributed by atoms with Gasteiger partial charge in [-0.2, -0.15) is 13.2 Å². The van der Waals surface area contributed by atoms with Gasteiger partial charge in [0.25, 0.3) is 0 Å². The van der Waals surface area contributed by atoms with Crippen molar-refractivity contribution in [2.24, 2.45) is 0 Å². The fourth-order valence-electron chi connectivity index (χ4n) is 3.02. The molecule has 3 nitrogen and oxygen atoms in total. The van der Waals surface area contributed by atoms with E-state index >= 15 is 0 Å². The first-order valence-electron chi connectivity index (χ1n) is 8.66. The van der Waals surface area contributed by atoms with Crippen molar-refractivity contribution < 1.29 is 13.2 Å². The third-order valence-electron chi connectivity index (χ3n) is 4.38. The van der Waals surface area contributed by atoms with Crippen molar-refractivity contribution >= 4 is 33.2 Å². The van der Waals surface area contributed by atoms with Crippen LogP contribution in [-0.2, 0) is 18.5 Å². The van der Waals surface area contributed by atoms with E-state index in [9.17, 15) is 13.2 Å². The van der Waals surface area contributed by atoms with Crippen molar-refractivity contribution in [3.8, 4) is 11.4 Å². The molecule has 0 aliphatic heterocycles. The Morgan fingerprint density at radius 2 is 1.89 bits per heavy atom. The number of thiophene rings is 1. The Kier molecular flexibility index (Phi) is 5.16. The number of rotatable bonds is 5. The van der Waals surface area contributed by atoms with Crippen LogP contribution in [0.3, 0.4) is 0 Å². The maximum atomic E-state index is 12.9. The van der Waals surface area contributed by atoms with E-state index in [0.29, 0.717) is 23.0 Å². The van der Waals surface area contributed by atoms with Gasteiger partial charge in [0.1, 0.15) is 0 Å². The van der Waals surface area contributed by atoms with Crippen LogP contribution in [0.5, 0.6) is 0 Å². The highest BCUT2D eigenvalue weighted by molar-refractivity contribution is 7.98. The van der Waals surface area contributed by atoms with Crippen LogP contribution >= 0.6 is 23.1 Å². The largest absolute Gasteiger partial charge is 0.416 e. The van der Waals surface area contributed by atoms with E-state index in [0.717, 1.165) is 22.8 Å². The first kappa shape index (κ1) is 19.0. The van der Waals surface area contributed by atoms with Gasteiger partial charge in [-0.3, -0.25) is 0 Å². The lowest BCUT2D eigenvalue weighted by atomic mass is 10.1. The van der Waals surface area contributed by atoms with Gasteiger partial charge in [-0.05, 0) is 24.6 Å². The summed E-state index contributed by atoms with van der Waals surface area (Å²) in [6, 6.07) is 13.5. The molecule has 0 fully saturated rings. The van der Waals surface area contributed by atoms with Gasteiger partial charge in [-0.15, -0.1) is 21.5 Å². The second kappa shape index (κ2) is 7.60. The zero-order chi connectivity index (χ0) is 19.7. The minimum Gasteiger partial charge on any atom is -0.302 e. The van der Waals surface area contributed by atoms with E-state index in [1.807, 2.05) is 23.6 Å². The average Bonchev–Trinajstić information content (AvgIpc) is 3.29. The molecular weight excluding hydrogens is 403 g/mol. The molecule has 8 heteroatoms. The highest BCUT2D eigenvalue weighted by atomic mass is 32.2. The molecule has 0 N–H and O–H groups in total. The molecule has 0 radical (unpaired) electrons. The third kappa shape index (κ3) is 3.66. The molecule has 28 heavy (non-hydrogen) atoms. The number of alkyl halides is 3. The fraction of sp³-hybridized carbons (Fsp3) is 0.200. The number of fused-ring (bicyclic) bond motifs is 1. The Hall–Kier alpha value is -2.32. The van der Waals surface area contributed by atoms with Gasteiger partial charge in [-0.25, -0.2) is 0 Å². The van der Waals surface area contributed by atoms with E-state index in [-0.39, 0.29) is 0 Å². The summed E-state index contributed by atoms with van der Waals surface area (Å²) in [6.07, 6.45) is -4.34. The molecule has 0 aliphatic carbocycles. The normalized spacial score (nSPS) is 12.0. The smallest absolute Gasteiger partial charge is 0.302 e. The van der Waals surface area contributed by atoms with Crippen LogP contribution in [0, 0.1) is 0 Å². The topological polar surface area (TPSA) is 30.7 Å². The maximum Gasteiger partial charge on any atom is 0.416 e. The standard InChI is InChI=1S/C20H16F3N3S2/c1-2-26-18(16-12-27-17-9-4-3-8-15(16)17)24-25-19(26)28-11-13-6-5-7-14(10-13)20(21,22)23/h3-10,12H,2,11H2,1H3. The average molecular weight is 419 g/mol. The van der Waals surface area contributed by atoms with E-state index in [4.69, 9.17) is 0 Å². The zero-order valence-corrected chi connectivity index (χ0v) is 16.5. The molecule has 2 heterocycles. The molecule has 0 amide bonds. The van der Waals surface area contributed by atoms with Crippen LogP contribution < -0.4 is 0 Å². The highest BCUT2D eigenvalue weighted by Gasteiger charge is 2.30. The third-order valence-corrected chi connectivity index (χ3v) is 6.38. The number of nitrogens with zero attached hydrogens (tertiary/aromatic N) is 3. The fourth-order valence-corrected chi connectivity index (χ4v) is 4.90. The van der Waals surface area contributed by atoms with E-state index in [1.54, 1.807) is 17.4 Å². The van der Waals surface area contributed by atoms with Crippen molar-refractivity contribution in [1.29, 1.82) is 0 Å². The van der Waals surface area contributed by atoms with Crippen molar-refractivity contribution in [3.63, 3.8) is 0 Å². The molecule has 0 aliphatic rings. The predicted octanol–water partition coefficient (Wildman–Crippen LogP) is 6.49. The quantitative estimate of drug-likeness (QED) is 0.346. The molecule has 4 rings (SSSR count). The van der Waals surface area contributed by atoms with E-state index < -0.39 is 11.7 Å².